The average Bonchev–Trinajstić information content (AvgIpc) is 3.30. The molecule has 168 valence electrons. The fraction of sp³-hybridized carbons (Fsp3) is 0.192. The van der Waals surface area contributed by atoms with Crippen molar-refractivity contribution in [1.82, 2.24) is 0 Å². The molecule has 4 aromatic rings. The molecule has 2 heterocycles. The highest BCUT2D eigenvalue weighted by Gasteiger charge is 2.31. The van der Waals surface area contributed by atoms with E-state index in [1.165, 1.54) is 6.26 Å². The minimum Gasteiger partial charge on any atom is -0.481 e. The Morgan fingerprint density at radius 2 is 2.03 bits per heavy atom. The van der Waals surface area contributed by atoms with E-state index in [1.54, 1.807) is 24.3 Å². The normalized spacial score (nSPS) is 15.4. The summed E-state index contributed by atoms with van der Waals surface area (Å²) in [7, 11) is 1.89. The SMILES string of the molecule is CN1CC(c2cc(-c3cccc(CN)c3)c3occc3c2F)Oc2c(CC(=O)O)cccc21. The van der Waals surface area contributed by atoms with Gasteiger partial charge < -0.3 is 24.9 Å². The molecule has 1 aromatic heterocycles. The summed E-state index contributed by atoms with van der Waals surface area (Å²) in [6.45, 7) is 0.801. The van der Waals surface area contributed by atoms with Gasteiger partial charge in [-0.1, -0.05) is 30.3 Å². The number of hydrogen-bond acceptors (Lipinski definition) is 5. The van der Waals surface area contributed by atoms with Crippen LogP contribution in [0.4, 0.5) is 10.1 Å². The number of halogens is 1. The van der Waals surface area contributed by atoms with Crippen LogP contribution in [0.3, 0.4) is 0 Å². The minimum atomic E-state index is -0.954. The topological polar surface area (TPSA) is 88.9 Å². The number of hydrogen-bond donors (Lipinski definition) is 2. The molecule has 3 aromatic carbocycles. The highest BCUT2D eigenvalue weighted by Crippen LogP contribution is 2.43. The van der Waals surface area contributed by atoms with Crippen LogP contribution in [-0.2, 0) is 17.8 Å². The number of nitrogens with zero attached hydrogens (tertiary/aromatic N) is 1. The van der Waals surface area contributed by atoms with Crippen molar-refractivity contribution < 1.29 is 23.4 Å². The largest absolute Gasteiger partial charge is 0.481 e. The van der Waals surface area contributed by atoms with Crippen LogP contribution in [0.5, 0.6) is 5.75 Å². The Bertz CT molecular complexity index is 1360. The minimum absolute atomic E-state index is 0.176. The summed E-state index contributed by atoms with van der Waals surface area (Å²) in [5, 5.41) is 9.68. The van der Waals surface area contributed by atoms with Gasteiger partial charge in [-0.3, -0.25) is 4.79 Å². The predicted octanol–water partition coefficient (Wildman–Crippen LogP) is 4.89. The average molecular weight is 446 g/mol. The number of fused-ring (bicyclic) bond motifs is 2. The summed E-state index contributed by atoms with van der Waals surface area (Å²) in [5.74, 6) is -0.892. The van der Waals surface area contributed by atoms with E-state index >= 15 is 4.39 Å². The number of likely N-dealkylation sites (N-methyl/N-ethyl adjacent to an activating group) is 1. The van der Waals surface area contributed by atoms with Crippen LogP contribution in [0.15, 0.2) is 65.3 Å². The van der Waals surface area contributed by atoms with Crippen molar-refractivity contribution in [2.75, 3.05) is 18.5 Å². The van der Waals surface area contributed by atoms with E-state index in [0.717, 1.165) is 22.4 Å². The monoisotopic (exact) mass is 446 g/mol. The quantitative estimate of drug-likeness (QED) is 0.454. The van der Waals surface area contributed by atoms with Crippen LogP contribution in [0, 0.1) is 5.82 Å². The number of ether oxygens (including phenoxy) is 1. The lowest BCUT2D eigenvalue weighted by Gasteiger charge is -2.35. The lowest BCUT2D eigenvalue weighted by atomic mass is 9.95. The number of benzene rings is 3. The first-order chi connectivity index (χ1) is 16.0. The fourth-order valence-corrected chi connectivity index (χ4v) is 4.44. The Kier molecular flexibility index (Phi) is 5.26. The van der Waals surface area contributed by atoms with Crippen molar-refractivity contribution in [3.8, 4) is 16.9 Å². The second-order valence-electron chi connectivity index (χ2n) is 8.22. The Hall–Kier alpha value is -3.84. The van der Waals surface area contributed by atoms with E-state index in [1.807, 2.05) is 42.3 Å². The highest BCUT2D eigenvalue weighted by atomic mass is 19.1. The number of carboxylic acids is 1. The molecule has 1 aliphatic heterocycles. The molecule has 0 radical (unpaired) electrons. The summed E-state index contributed by atoms with van der Waals surface area (Å²) in [6, 6.07) is 16.5. The molecule has 0 saturated heterocycles. The lowest BCUT2D eigenvalue weighted by Crippen LogP contribution is -2.33. The van der Waals surface area contributed by atoms with Gasteiger partial charge in [0.05, 0.1) is 30.3 Å². The maximum Gasteiger partial charge on any atom is 0.307 e. The molecule has 0 amide bonds. The zero-order valence-corrected chi connectivity index (χ0v) is 18.0. The summed E-state index contributed by atoms with van der Waals surface area (Å²) < 4.78 is 27.6. The number of para-hydroxylation sites is 1. The molecule has 5 rings (SSSR count). The molecule has 1 aliphatic rings. The Morgan fingerprint density at radius 1 is 1.21 bits per heavy atom. The lowest BCUT2D eigenvalue weighted by molar-refractivity contribution is -0.136. The third-order valence-electron chi connectivity index (χ3n) is 6.05. The van der Waals surface area contributed by atoms with E-state index < -0.39 is 17.9 Å². The summed E-state index contributed by atoms with van der Waals surface area (Å²) >= 11 is 0. The van der Waals surface area contributed by atoms with E-state index in [4.69, 9.17) is 14.9 Å². The molecule has 6 nitrogen and oxygen atoms in total. The summed E-state index contributed by atoms with van der Waals surface area (Å²) in [5.41, 5.74) is 10.6. The van der Waals surface area contributed by atoms with Crippen molar-refractivity contribution in [1.29, 1.82) is 0 Å². The van der Waals surface area contributed by atoms with Gasteiger partial charge in [-0.25, -0.2) is 4.39 Å². The van der Waals surface area contributed by atoms with Gasteiger partial charge >= 0.3 is 5.97 Å². The van der Waals surface area contributed by atoms with Crippen LogP contribution in [0.25, 0.3) is 22.1 Å². The van der Waals surface area contributed by atoms with Crippen LogP contribution >= 0.6 is 0 Å². The number of nitrogens with two attached hydrogens (primary N) is 1. The van der Waals surface area contributed by atoms with E-state index in [9.17, 15) is 9.90 Å². The van der Waals surface area contributed by atoms with Crippen LogP contribution in [-0.4, -0.2) is 24.7 Å². The third-order valence-corrected chi connectivity index (χ3v) is 6.05. The Morgan fingerprint density at radius 3 is 2.82 bits per heavy atom. The second kappa shape index (κ2) is 8.26. The number of carboxylic acid groups (broad SMARTS) is 1. The van der Waals surface area contributed by atoms with Crippen molar-refractivity contribution in [3.63, 3.8) is 0 Å². The third kappa shape index (κ3) is 3.70. The maximum atomic E-state index is 15.7. The maximum absolute atomic E-state index is 15.7. The Labute approximate surface area is 190 Å². The van der Waals surface area contributed by atoms with Gasteiger partial charge in [0.15, 0.2) is 0 Å². The molecule has 0 fully saturated rings. The van der Waals surface area contributed by atoms with Crippen LogP contribution < -0.4 is 15.4 Å². The molecule has 1 atom stereocenters. The second-order valence-corrected chi connectivity index (χ2v) is 8.22. The van der Waals surface area contributed by atoms with Gasteiger partial charge in [0.25, 0.3) is 0 Å². The molecular weight excluding hydrogens is 423 g/mol. The van der Waals surface area contributed by atoms with E-state index in [-0.39, 0.29) is 6.42 Å². The number of carbonyl (C=O) groups is 1. The van der Waals surface area contributed by atoms with Crippen molar-refractivity contribution in [3.05, 3.63) is 83.4 Å². The molecular formula is C26H23FN2O4. The first-order valence-corrected chi connectivity index (χ1v) is 10.7. The molecule has 1 unspecified atom stereocenters. The molecule has 0 saturated carbocycles. The Balaban J connectivity index is 1.64. The van der Waals surface area contributed by atoms with Gasteiger partial charge in [-0.2, -0.15) is 0 Å². The first-order valence-electron chi connectivity index (χ1n) is 10.7. The predicted molar refractivity (Wildman–Crippen MR) is 124 cm³/mol. The number of furan rings is 1. The van der Waals surface area contributed by atoms with Gasteiger partial charge in [0.1, 0.15) is 23.3 Å². The molecule has 33 heavy (non-hydrogen) atoms. The molecule has 0 spiro atoms. The van der Waals surface area contributed by atoms with Gasteiger partial charge in [0, 0.05) is 30.3 Å². The summed E-state index contributed by atoms with van der Waals surface area (Å²) in [6.07, 6.45) is 0.666. The van der Waals surface area contributed by atoms with Crippen molar-refractivity contribution >= 4 is 22.6 Å². The summed E-state index contributed by atoms with van der Waals surface area (Å²) in [4.78, 5) is 13.3. The van der Waals surface area contributed by atoms with Gasteiger partial charge in [-0.15, -0.1) is 0 Å². The van der Waals surface area contributed by atoms with Crippen LogP contribution in [0.1, 0.15) is 22.8 Å². The van der Waals surface area contributed by atoms with E-state index in [2.05, 4.69) is 0 Å². The molecule has 0 bridgehead atoms. The smallest absolute Gasteiger partial charge is 0.307 e. The molecule has 3 N–H and O–H groups in total. The standard InChI is InChI=1S/C26H23FN2O4/c1-29-14-22(33-25-17(11-23(30)31)6-3-7-21(25)29)20-12-19(16-5-2-4-15(10-16)13-28)26-18(24(20)27)8-9-32-26/h2-10,12,22H,11,13-14,28H2,1H3,(H,30,31). The fourth-order valence-electron chi connectivity index (χ4n) is 4.44. The first kappa shape index (κ1) is 21.0. The number of rotatable bonds is 5. The zero-order valence-electron chi connectivity index (χ0n) is 18.0. The molecule has 0 aliphatic carbocycles. The van der Waals surface area contributed by atoms with E-state index in [0.29, 0.717) is 40.9 Å². The number of anilines is 1. The zero-order chi connectivity index (χ0) is 23.1. The molecule has 7 heteroatoms. The van der Waals surface area contributed by atoms with Gasteiger partial charge in [-0.05, 0) is 35.4 Å². The number of aliphatic carboxylic acids is 1. The van der Waals surface area contributed by atoms with Crippen molar-refractivity contribution in [2.45, 2.75) is 19.1 Å². The van der Waals surface area contributed by atoms with Crippen LogP contribution in [0.2, 0.25) is 0 Å². The van der Waals surface area contributed by atoms with Gasteiger partial charge in [0.2, 0.25) is 0 Å². The highest BCUT2D eigenvalue weighted by molar-refractivity contribution is 5.94. The van der Waals surface area contributed by atoms with Crippen molar-refractivity contribution in [2.24, 2.45) is 5.73 Å².